The van der Waals surface area contributed by atoms with Crippen molar-refractivity contribution in [3.63, 3.8) is 0 Å². The molecule has 0 saturated carbocycles. The van der Waals surface area contributed by atoms with E-state index < -0.39 is 6.04 Å². The number of furan rings is 1. The number of likely N-dealkylation sites (tertiary alicyclic amines) is 1. The van der Waals surface area contributed by atoms with Gasteiger partial charge in [0.1, 0.15) is 11.8 Å². The van der Waals surface area contributed by atoms with E-state index in [1.165, 1.54) is 4.90 Å². The number of aliphatic hydroxyl groups is 1. The minimum absolute atomic E-state index is 0.0574. The average molecular weight is 386 g/mol. The predicted octanol–water partition coefficient (Wildman–Crippen LogP) is 1.52. The molecule has 4 rings (SSSR count). The van der Waals surface area contributed by atoms with Gasteiger partial charge in [-0.3, -0.25) is 9.59 Å². The number of hydrogen-bond acceptors (Lipinski definition) is 6. The van der Waals surface area contributed by atoms with Crippen molar-refractivity contribution >= 4 is 11.8 Å². The molecule has 0 radical (unpaired) electrons. The molecule has 1 fully saturated rings. The molecule has 8 nitrogen and oxygen atoms in total. The van der Waals surface area contributed by atoms with Gasteiger partial charge in [0, 0.05) is 19.5 Å². The maximum atomic E-state index is 13.1. The number of hydrogen-bond donors (Lipinski definition) is 1. The summed E-state index contributed by atoms with van der Waals surface area (Å²) in [5, 5.41) is 9.37. The highest BCUT2D eigenvalue weighted by Crippen LogP contribution is 2.33. The Labute approximate surface area is 162 Å². The van der Waals surface area contributed by atoms with Crippen LogP contribution in [0, 0.1) is 0 Å². The summed E-state index contributed by atoms with van der Waals surface area (Å²) in [6.45, 7) is 0.789. The molecule has 1 aromatic carbocycles. The predicted molar refractivity (Wildman–Crippen MR) is 97.3 cm³/mol. The summed E-state index contributed by atoms with van der Waals surface area (Å²) in [6, 6.07) is 8.49. The number of aliphatic hydroxyl groups excluding tert-OH is 1. The third kappa shape index (κ3) is 3.68. The Morgan fingerprint density at radius 1 is 1.25 bits per heavy atom. The number of nitrogens with zero attached hydrogens (tertiary/aromatic N) is 2. The summed E-state index contributed by atoms with van der Waals surface area (Å²) in [6.07, 6.45) is 2.33. The van der Waals surface area contributed by atoms with Crippen LogP contribution in [0.1, 0.15) is 24.2 Å². The lowest BCUT2D eigenvalue weighted by atomic mass is 10.1. The molecule has 2 aliphatic rings. The van der Waals surface area contributed by atoms with Gasteiger partial charge in [0.15, 0.2) is 11.5 Å². The van der Waals surface area contributed by atoms with Gasteiger partial charge >= 0.3 is 0 Å². The van der Waals surface area contributed by atoms with Crippen LogP contribution in [0.4, 0.5) is 0 Å². The minimum Gasteiger partial charge on any atom is -0.467 e. The molecule has 2 amide bonds. The van der Waals surface area contributed by atoms with Crippen molar-refractivity contribution < 1.29 is 28.6 Å². The zero-order valence-corrected chi connectivity index (χ0v) is 15.4. The Balaban J connectivity index is 1.50. The highest BCUT2D eigenvalue weighted by atomic mass is 16.7. The number of benzene rings is 1. The van der Waals surface area contributed by atoms with Crippen LogP contribution in [-0.2, 0) is 22.7 Å². The van der Waals surface area contributed by atoms with Crippen molar-refractivity contribution in [2.45, 2.75) is 32.0 Å². The maximum Gasteiger partial charge on any atom is 0.245 e. The fraction of sp³-hybridized carbons (Fsp3) is 0.400. The molecule has 1 saturated heterocycles. The Morgan fingerprint density at radius 3 is 2.89 bits per heavy atom. The molecule has 2 aromatic rings. The second-order valence-corrected chi connectivity index (χ2v) is 6.83. The molecule has 3 heterocycles. The first-order chi connectivity index (χ1) is 13.7. The van der Waals surface area contributed by atoms with E-state index in [0.717, 1.165) is 5.56 Å². The SMILES string of the molecule is O=C(C1CCC(=O)N1Cc1ccc2c(c1)OCO2)N(CCO)Cc1ccco1. The van der Waals surface area contributed by atoms with Gasteiger partial charge in [-0.25, -0.2) is 0 Å². The van der Waals surface area contributed by atoms with Gasteiger partial charge in [-0.2, -0.15) is 0 Å². The first-order valence-electron chi connectivity index (χ1n) is 9.25. The highest BCUT2D eigenvalue weighted by molar-refractivity contribution is 5.91. The molecule has 1 unspecified atom stereocenters. The van der Waals surface area contributed by atoms with Crippen LogP contribution in [0.5, 0.6) is 11.5 Å². The Bertz CT molecular complexity index is 850. The second-order valence-electron chi connectivity index (χ2n) is 6.83. The maximum absolute atomic E-state index is 13.1. The largest absolute Gasteiger partial charge is 0.467 e. The average Bonchev–Trinajstić information content (AvgIpc) is 3.43. The van der Waals surface area contributed by atoms with E-state index in [1.54, 1.807) is 23.3 Å². The molecule has 1 aromatic heterocycles. The lowest BCUT2D eigenvalue weighted by Crippen LogP contribution is -2.47. The summed E-state index contributed by atoms with van der Waals surface area (Å²) in [7, 11) is 0. The molecule has 148 valence electrons. The molecule has 8 heteroatoms. The number of fused-ring (bicyclic) bond motifs is 1. The molecular formula is C20H22N2O6. The number of ether oxygens (including phenoxy) is 2. The van der Waals surface area contributed by atoms with Crippen molar-refractivity contribution in [1.29, 1.82) is 0 Å². The van der Waals surface area contributed by atoms with Gasteiger partial charge in [0.25, 0.3) is 0 Å². The standard InChI is InChI=1S/C20H22N2O6/c23-8-7-21(12-15-2-1-9-26-15)20(25)16-4-6-19(24)22(16)11-14-3-5-17-18(10-14)28-13-27-17/h1-3,5,9-10,16,23H,4,6-8,11-13H2. The monoisotopic (exact) mass is 386 g/mol. The topological polar surface area (TPSA) is 92.5 Å². The summed E-state index contributed by atoms with van der Waals surface area (Å²) < 4.78 is 16.0. The van der Waals surface area contributed by atoms with Crippen molar-refractivity contribution in [1.82, 2.24) is 9.80 Å². The third-order valence-corrected chi connectivity index (χ3v) is 5.01. The summed E-state index contributed by atoms with van der Waals surface area (Å²) >= 11 is 0. The lowest BCUT2D eigenvalue weighted by molar-refractivity contribution is -0.142. The fourth-order valence-electron chi connectivity index (χ4n) is 3.61. The van der Waals surface area contributed by atoms with E-state index >= 15 is 0 Å². The van der Waals surface area contributed by atoms with Crippen LogP contribution >= 0.6 is 0 Å². The number of amides is 2. The zero-order valence-electron chi connectivity index (χ0n) is 15.4. The smallest absolute Gasteiger partial charge is 0.245 e. The van der Waals surface area contributed by atoms with E-state index in [1.807, 2.05) is 18.2 Å². The van der Waals surface area contributed by atoms with Crippen molar-refractivity contribution in [2.24, 2.45) is 0 Å². The van der Waals surface area contributed by atoms with Crippen LogP contribution in [0.25, 0.3) is 0 Å². The summed E-state index contributed by atoms with van der Waals surface area (Å²) in [5.74, 6) is 1.71. The quantitative estimate of drug-likeness (QED) is 0.776. The normalized spacial score (nSPS) is 18.0. The van der Waals surface area contributed by atoms with E-state index in [2.05, 4.69) is 0 Å². The molecule has 1 atom stereocenters. The van der Waals surface area contributed by atoms with Crippen LogP contribution < -0.4 is 9.47 Å². The third-order valence-electron chi connectivity index (χ3n) is 5.01. The van der Waals surface area contributed by atoms with E-state index in [-0.39, 0.29) is 38.3 Å². The summed E-state index contributed by atoms with van der Waals surface area (Å²) in [5.41, 5.74) is 0.872. The molecule has 28 heavy (non-hydrogen) atoms. The fourth-order valence-corrected chi connectivity index (χ4v) is 3.61. The number of carbonyl (C=O) groups is 2. The molecule has 2 aliphatic heterocycles. The van der Waals surface area contributed by atoms with Crippen LogP contribution in [0.3, 0.4) is 0 Å². The van der Waals surface area contributed by atoms with Gasteiger partial charge in [0.05, 0.1) is 19.4 Å². The van der Waals surface area contributed by atoms with Crippen molar-refractivity contribution in [3.05, 3.63) is 47.9 Å². The van der Waals surface area contributed by atoms with Gasteiger partial charge in [0.2, 0.25) is 18.6 Å². The van der Waals surface area contributed by atoms with Gasteiger partial charge in [-0.1, -0.05) is 6.07 Å². The molecular weight excluding hydrogens is 364 g/mol. The van der Waals surface area contributed by atoms with E-state index in [4.69, 9.17) is 13.9 Å². The van der Waals surface area contributed by atoms with Crippen LogP contribution in [0.2, 0.25) is 0 Å². The van der Waals surface area contributed by atoms with Crippen LogP contribution in [0.15, 0.2) is 41.0 Å². The Morgan fingerprint density at radius 2 is 2.11 bits per heavy atom. The first-order valence-corrected chi connectivity index (χ1v) is 9.25. The highest BCUT2D eigenvalue weighted by Gasteiger charge is 2.38. The number of rotatable bonds is 7. The minimum atomic E-state index is -0.556. The van der Waals surface area contributed by atoms with Crippen molar-refractivity contribution in [3.8, 4) is 11.5 Å². The van der Waals surface area contributed by atoms with Gasteiger partial charge in [-0.05, 0) is 36.2 Å². The Kier molecular flexibility index (Phi) is 5.21. The molecule has 0 spiro atoms. The van der Waals surface area contributed by atoms with E-state index in [0.29, 0.717) is 36.6 Å². The summed E-state index contributed by atoms with van der Waals surface area (Å²) in [4.78, 5) is 28.7. The van der Waals surface area contributed by atoms with Gasteiger partial charge in [-0.15, -0.1) is 0 Å². The zero-order chi connectivity index (χ0) is 19.5. The molecule has 1 N–H and O–H groups in total. The van der Waals surface area contributed by atoms with Crippen LogP contribution in [-0.4, -0.2) is 52.7 Å². The first kappa shape index (κ1) is 18.4. The Hall–Kier alpha value is -3.00. The van der Waals surface area contributed by atoms with Gasteiger partial charge < -0.3 is 28.8 Å². The molecule has 0 aliphatic carbocycles. The lowest BCUT2D eigenvalue weighted by Gasteiger charge is -2.29. The van der Waals surface area contributed by atoms with E-state index in [9.17, 15) is 14.7 Å². The number of carbonyl (C=O) groups excluding carboxylic acids is 2. The second kappa shape index (κ2) is 7.93. The molecule has 0 bridgehead atoms. The van der Waals surface area contributed by atoms with Crippen molar-refractivity contribution in [2.75, 3.05) is 19.9 Å².